The van der Waals surface area contributed by atoms with Crippen molar-refractivity contribution >= 4 is 22.7 Å². The summed E-state index contributed by atoms with van der Waals surface area (Å²) in [5.74, 6) is -0.799. The fourth-order valence-electron chi connectivity index (χ4n) is 3.03. The first-order chi connectivity index (χ1) is 12.5. The van der Waals surface area contributed by atoms with Gasteiger partial charge in [0.15, 0.2) is 0 Å². The van der Waals surface area contributed by atoms with E-state index in [-0.39, 0.29) is 12.4 Å². The van der Waals surface area contributed by atoms with E-state index >= 15 is 0 Å². The predicted molar refractivity (Wildman–Crippen MR) is 94.6 cm³/mol. The maximum atomic E-state index is 11.3. The molecule has 3 rings (SSSR count). The number of carbonyl (C=O) groups excluding carboxylic acids is 2. The lowest BCUT2D eigenvalue weighted by atomic mass is 9.96. The molecule has 0 bridgehead atoms. The zero-order valence-electron chi connectivity index (χ0n) is 14.5. The van der Waals surface area contributed by atoms with E-state index in [0.29, 0.717) is 5.56 Å². The van der Waals surface area contributed by atoms with Crippen LogP contribution in [-0.4, -0.2) is 35.9 Å². The van der Waals surface area contributed by atoms with Gasteiger partial charge >= 0.3 is 11.9 Å². The topological polar surface area (TPSA) is 82.1 Å². The molecule has 2 unspecified atom stereocenters. The molecule has 0 fully saturated rings. The highest BCUT2D eigenvalue weighted by atomic mass is 16.6. The third kappa shape index (κ3) is 3.86. The molecular weight excluding hydrogens is 336 g/mol. The smallest absolute Gasteiger partial charge is 0.303 e. The van der Waals surface area contributed by atoms with E-state index < -0.39 is 30.3 Å². The van der Waals surface area contributed by atoms with Gasteiger partial charge in [-0.2, -0.15) is 0 Å². The number of benzene rings is 2. The van der Waals surface area contributed by atoms with Gasteiger partial charge in [-0.15, -0.1) is 0 Å². The molecule has 0 amide bonds. The molecule has 26 heavy (non-hydrogen) atoms. The number of hydrogen-bond donors (Lipinski definition) is 1. The Bertz CT molecular complexity index is 857. The second kappa shape index (κ2) is 7.58. The van der Waals surface area contributed by atoms with E-state index in [9.17, 15) is 14.7 Å². The summed E-state index contributed by atoms with van der Waals surface area (Å²) in [6.45, 7) is 2.55. The number of phenolic OH excluding ortho intramolecular Hbond substituents is 1. The van der Waals surface area contributed by atoms with Crippen molar-refractivity contribution in [3.05, 3.63) is 54.1 Å². The Labute approximate surface area is 151 Å². The van der Waals surface area contributed by atoms with E-state index in [1.807, 2.05) is 30.3 Å². The highest BCUT2D eigenvalue weighted by molar-refractivity contribution is 5.88. The van der Waals surface area contributed by atoms with Crippen LogP contribution in [0, 0.1) is 0 Å². The lowest BCUT2D eigenvalue weighted by molar-refractivity contribution is -0.163. The number of esters is 2. The summed E-state index contributed by atoms with van der Waals surface area (Å²) < 4.78 is 16.3. The summed E-state index contributed by atoms with van der Waals surface area (Å²) in [6, 6.07) is 11.1. The fraction of sp³-hybridized carbons (Fsp3) is 0.300. The maximum Gasteiger partial charge on any atom is 0.303 e. The lowest BCUT2D eigenvalue weighted by Crippen LogP contribution is -2.39. The summed E-state index contributed by atoms with van der Waals surface area (Å²) in [5.41, 5.74) is 0.619. The van der Waals surface area contributed by atoms with Crippen molar-refractivity contribution in [3.63, 3.8) is 0 Å². The first kappa shape index (κ1) is 17.9. The number of hydrogen-bond acceptors (Lipinski definition) is 6. The quantitative estimate of drug-likeness (QED) is 0.670. The second-order valence-electron chi connectivity index (χ2n) is 6.08. The standard InChI is InChI=1S/C20H20O6/c1-12(21)24-11-19-17(25-13(2)22)9-10-18(26-19)20-15-6-4-3-5-14(15)7-8-16(20)23/h3-10,17-19,23H,11H2,1-2H3/t17-,18?,19?/m0/s1. The molecule has 0 spiro atoms. The van der Waals surface area contributed by atoms with Crippen molar-refractivity contribution < 1.29 is 28.9 Å². The molecule has 1 aliphatic heterocycles. The van der Waals surface area contributed by atoms with Crippen LogP contribution < -0.4 is 0 Å². The van der Waals surface area contributed by atoms with Crippen molar-refractivity contribution in [1.29, 1.82) is 0 Å². The third-order valence-corrected chi connectivity index (χ3v) is 4.15. The lowest BCUT2D eigenvalue weighted by Gasteiger charge is -2.32. The fourth-order valence-corrected chi connectivity index (χ4v) is 3.03. The minimum Gasteiger partial charge on any atom is -0.508 e. The van der Waals surface area contributed by atoms with E-state index in [0.717, 1.165) is 10.8 Å². The molecule has 6 heteroatoms. The van der Waals surface area contributed by atoms with Gasteiger partial charge in [-0.05, 0) is 22.9 Å². The van der Waals surface area contributed by atoms with Crippen LogP contribution in [0.15, 0.2) is 48.6 Å². The van der Waals surface area contributed by atoms with Crippen LogP contribution in [-0.2, 0) is 23.8 Å². The Morgan fingerprint density at radius 1 is 1.08 bits per heavy atom. The summed E-state index contributed by atoms with van der Waals surface area (Å²) in [6.07, 6.45) is 1.54. The molecule has 3 atom stereocenters. The number of aromatic hydroxyl groups is 1. The van der Waals surface area contributed by atoms with Crippen molar-refractivity contribution in [2.75, 3.05) is 6.61 Å². The summed E-state index contributed by atoms with van der Waals surface area (Å²) in [7, 11) is 0. The minimum atomic E-state index is -0.670. The highest BCUT2D eigenvalue weighted by Crippen LogP contribution is 2.38. The van der Waals surface area contributed by atoms with Gasteiger partial charge in [0, 0.05) is 19.4 Å². The summed E-state index contributed by atoms with van der Waals surface area (Å²) in [4.78, 5) is 22.5. The normalized spacial score (nSPS) is 22.2. The van der Waals surface area contributed by atoms with Gasteiger partial charge in [-0.25, -0.2) is 0 Å². The molecular formula is C20H20O6. The van der Waals surface area contributed by atoms with E-state index in [1.165, 1.54) is 13.8 Å². The Hall–Kier alpha value is -2.86. The Morgan fingerprint density at radius 2 is 1.85 bits per heavy atom. The van der Waals surface area contributed by atoms with Crippen LogP contribution >= 0.6 is 0 Å². The van der Waals surface area contributed by atoms with Gasteiger partial charge in [-0.3, -0.25) is 9.59 Å². The molecule has 136 valence electrons. The molecule has 1 aliphatic rings. The van der Waals surface area contributed by atoms with E-state index in [4.69, 9.17) is 14.2 Å². The molecule has 1 heterocycles. The zero-order valence-corrected chi connectivity index (χ0v) is 14.5. The highest BCUT2D eigenvalue weighted by Gasteiger charge is 2.32. The van der Waals surface area contributed by atoms with Crippen LogP contribution in [0.25, 0.3) is 10.8 Å². The summed E-state index contributed by atoms with van der Waals surface area (Å²) in [5, 5.41) is 12.2. The molecule has 2 aromatic carbocycles. The number of rotatable bonds is 4. The van der Waals surface area contributed by atoms with Crippen molar-refractivity contribution in [1.82, 2.24) is 0 Å². The van der Waals surface area contributed by atoms with Crippen molar-refractivity contribution in [2.24, 2.45) is 0 Å². The van der Waals surface area contributed by atoms with Gasteiger partial charge in [0.1, 0.15) is 30.7 Å². The molecule has 0 radical (unpaired) electrons. The predicted octanol–water partition coefficient (Wildman–Crippen LogP) is 3.04. The average molecular weight is 356 g/mol. The molecule has 0 saturated carbocycles. The van der Waals surface area contributed by atoms with Gasteiger partial charge in [0.25, 0.3) is 0 Å². The van der Waals surface area contributed by atoms with E-state index in [2.05, 4.69) is 0 Å². The second-order valence-corrected chi connectivity index (χ2v) is 6.08. The first-order valence-electron chi connectivity index (χ1n) is 8.30. The molecule has 0 saturated heterocycles. The van der Waals surface area contributed by atoms with Gasteiger partial charge in [-0.1, -0.05) is 36.4 Å². The molecule has 0 aliphatic carbocycles. The molecule has 0 aromatic heterocycles. The Kier molecular flexibility index (Phi) is 5.23. The maximum absolute atomic E-state index is 11.3. The average Bonchev–Trinajstić information content (AvgIpc) is 2.60. The Balaban J connectivity index is 1.95. The van der Waals surface area contributed by atoms with E-state index in [1.54, 1.807) is 18.2 Å². The Morgan fingerprint density at radius 3 is 2.58 bits per heavy atom. The van der Waals surface area contributed by atoms with Crippen molar-refractivity contribution in [3.8, 4) is 5.75 Å². The first-order valence-corrected chi connectivity index (χ1v) is 8.30. The monoisotopic (exact) mass is 356 g/mol. The van der Waals surface area contributed by atoms with Crippen molar-refractivity contribution in [2.45, 2.75) is 32.2 Å². The molecule has 1 N–H and O–H groups in total. The van der Waals surface area contributed by atoms with Crippen LogP contribution in [0.3, 0.4) is 0 Å². The van der Waals surface area contributed by atoms with Gasteiger partial charge in [0.05, 0.1) is 0 Å². The number of phenols is 1. The largest absolute Gasteiger partial charge is 0.508 e. The van der Waals surface area contributed by atoms with Crippen LogP contribution in [0.2, 0.25) is 0 Å². The molecule has 2 aromatic rings. The number of carbonyl (C=O) groups is 2. The number of ether oxygens (including phenoxy) is 3. The van der Waals surface area contributed by atoms with Crippen LogP contribution in [0.1, 0.15) is 25.5 Å². The molecule has 6 nitrogen and oxygen atoms in total. The van der Waals surface area contributed by atoms with Gasteiger partial charge < -0.3 is 19.3 Å². The number of fused-ring (bicyclic) bond motifs is 1. The van der Waals surface area contributed by atoms with Crippen LogP contribution in [0.5, 0.6) is 5.75 Å². The van der Waals surface area contributed by atoms with Gasteiger partial charge in [0.2, 0.25) is 0 Å². The zero-order chi connectivity index (χ0) is 18.7. The minimum absolute atomic E-state index is 0.0559. The summed E-state index contributed by atoms with van der Waals surface area (Å²) >= 11 is 0. The third-order valence-electron chi connectivity index (χ3n) is 4.15. The van der Waals surface area contributed by atoms with Crippen LogP contribution in [0.4, 0.5) is 0 Å². The SMILES string of the molecule is CC(=O)OCC1OC(c2c(O)ccc3ccccc23)C=C[C@@H]1OC(C)=O.